The fourth-order valence-corrected chi connectivity index (χ4v) is 2.12. The lowest BCUT2D eigenvalue weighted by Crippen LogP contribution is -2.40. The number of hydrogen-bond acceptors (Lipinski definition) is 2. The highest BCUT2D eigenvalue weighted by molar-refractivity contribution is 9.10. The second kappa shape index (κ2) is 5.15. The normalized spacial score (nSPS) is 23.9. The van der Waals surface area contributed by atoms with Gasteiger partial charge in [0.05, 0.1) is 10.6 Å². The zero-order chi connectivity index (χ0) is 11.5. The molecule has 0 saturated heterocycles. The summed E-state index contributed by atoms with van der Waals surface area (Å²) in [5, 5.41) is 3.29. The molecule has 1 saturated carbocycles. The van der Waals surface area contributed by atoms with E-state index in [9.17, 15) is 4.39 Å². The van der Waals surface area contributed by atoms with Crippen molar-refractivity contribution in [1.29, 1.82) is 0 Å². The largest absolute Gasteiger partial charge is 0.382 e. The third-order valence-corrected chi connectivity index (χ3v) is 3.43. The van der Waals surface area contributed by atoms with E-state index >= 15 is 0 Å². The van der Waals surface area contributed by atoms with Gasteiger partial charge in [-0.2, -0.15) is 0 Å². The fraction of sp³-hybridized carbons (Fsp3) is 0.500. The molecule has 0 aliphatic heterocycles. The topological polar surface area (TPSA) is 21.3 Å². The summed E-state index contributed by atoms with van der Waals surface area (Å²) in [6.45, 7) is 2.77. The monoisotopic (exact) mass is 287 g/mol. The molecule has 4 heteroatoms. The lowest BCUT2D eigenvalue weighted by atomic mass is 9.89. The number of rotatable bonds is 4. The Labute approximate surface area is 103 Å². The van der Waals surface area contributed by atoms with Gasteiger partial charge in [-0.3, -0.25) is 0 Å². The minimum atomic E-state index is -0.231. The van der Waals surface area contributed by atoms with Gasteiger partial charge >= 0.3 is 0 Å². The maximum absolute atomic E-state index is 13.2. The van der Waals surface area contributed by atoms with E-state index in [2.05, 4.69) is 21.2 Å². The molecule has 0 unspecified atom stereocenters. The van der Waals surface area contributed by atoms with Gasteiger partial charge in [0.1, 0.15) is 5.82 Å². The molecule has 0 aromatic heterocycles. The van der Waals surface area contributed by atoms with Crippen molar-refractivity contribution < 1.29 is 9.13 Å². The first-order valence-corrected chi connectivity index (χ1v) is 6.31. The van der Waals surface area contributed by atoms with E-state index in [0.29, 0.717) is 16.6 Å². The highest BCUT2D eigenvalue weighted by Crippen LogP contribution is 2.28. The van der Waals surface area contributed by atoms with E-state index in [1.165, 1.54) is 6.07 Å². The van der Waals surface area contributed by atoms with E-state index in [1.54, 1.807) is 6.07 Å². The molecule has 16 heavy (non-hydrogen) atoms. The van der Waals surface area contributed by atoms with E-state index in [4.69, 9.17) is 4.74 Å². The summed E-state index contributed by atoms with van der Waals surface area (Å²) in [6.07, 6.45) is 2.39. The van der Waals surface area contributed by atoms with E-state index in [0.717, 1.165) is 25.1 Å². The smallest absolute Gasteiger partial charge is 0.139 e. The second-order valence-corrected chi connectivity index (χ2v) is 4.87. The van der Waals surface area contributed by atoms with Crippen LogP contribution in [-0.4, -0.2) is 18.8 Å². The van der Waals surface area contributed by atoms with Crippen LogP contribution in [0, 0.1) is 5.82 Å². The van der Waals surface area contributed by atoms with Gasteiger partial charge in [0.2, 0.25) is 0 Å². The number of ether oxygens (including phenoxy) is 1. The Hall–Kier alpha value is -0.610. The molecular weight excluding hydrogens is 273 g/mol. The maximum Gasteiger partial charge on any atom is 0.139 e. The highest BCUT2D eigenvalue weighted by atomic mass is 79.9. The molecule has 0 amide bonds. The van der Waals surface area contributed by atoms with Gasteiger partial charge < -0.3 is 10.1 Å². The number of hydrogen-bond donors (Lipinski definition) is 1. The van der Waals surface area contributed by atoms with Gasteiger partial charge in [0.25, 0.3) is 0 Å². The number of benzene rings is 1. The predicted octanol–water partition coefficient (Wildman–Crippen LogP) is 3.57. The Morgan fingerprint density at radius 3 is 2.88 bits per heavy atom. The zero-order valence-corrected chi connectivity index (χ0v) is 10.8. The Morgan fingerprint density at radius 1 is 1.50 bits per heavy atom. The zero-order valence-electron chi connectivity index (χ0n) is 9.17. The van der Waals surface area contributed by atoms with Crippen LogP contribution < -0.4 is 5.32 Å². The van der Waals surface area contributed by atoms with E-state index in [-0.39, 0.29) is 5.82 Å². The van der Waals surface area contributed by atoms with Crippen molar-refractivity contribution in [2.75, 3.05) is 11.9 Å². The van der Waals surface area contributed by atoms with Crippen molar-refractivity contribution in [3.8, 4) is 0 Å². The van der Waals surface area contributed by atoms with Crippen molar-refractivity contribution in [1.82, 2.24) is 0 Å². The van der Waals surface area contributed by atoms with E-state index < -0.39 is 0 Å². The van der Waals surface area contributed by atoms with Gasteiger partial charge in [-0.1, -0.05) is 0 Å². The Morgan fingerprint density at radius 2 is 2.25 bits per heavy atom. The van der Waals surface area contributed by atoms with Gasteiger partial charge in [-0.15, -0.1) is 0 Å². The summed E-state index contributed by atoms with van der Waals surface area (Å²) in [7, 11) is 0. The molecule has 2 rings (SSSR count). The van der Waals surface area contributed by atoms with Crippen LogP contribution >= 0.6 is 15.9 Å². The van der Waals surface area contributed by atoms with Crippen LogP contribution in [0.15, 0.2) is 22.7 Å². The molecule has 2 nitrogen and oxygen atoms in total. The van der Waals surface area contributed by atoms with Gasteiger partial charge in [0.15, 0.2) is 0 Å². The summed E-state index contributed by atoms with van der Waals surface area (Å²) in [5.41, 5.74) is 0.834. The van der Waals surface area contributed by atoms with Gasteiger partial charge in [-0.05, 0) is 53.9 Å². The minimum absolute atomic E-state index is 0.231. The SMILES string of the molecule is CCOC1CC(Nc2ccc(Br)c(F)c2)C1. The number of anilines is 1. The molecule has 0 heterocycles. The molecule has 0 bridgehead atoms. The molecular formula is C12H15BrFNO. The maximum atomic E-state index is 13.2. The predicted molar refractivity (Wildman–Crippen MR) is 66.2 cm³/mol. The third kappa shape index (κ3) is 2.74. The first-order valence-electron chi connectivity index (χ1n) is 5.52. The lowest BCUT2D eigenvalue weighted by molar-refractivity contribution is 0.00299. The first kappa shape index (κ1) is 11.9. The molecule has 0 spiro atoms. The van der Waals surface area contributed by atoms with Gasteiger partial charge in [-0.25, -0.2) is 4.39 Å². The van der Waals surface area contributed by atoms with Crippen molar-refractivity contribution in [2.24, 2.45) is 0 Å². The average Bonchev–Trinajstić information content (AvgIpc) is 2.20. The lowest BCUT2D eigenvalue weighted by Gasteiger charge is -2.36. The minimum Gasteiger partial charge on any atom is -0.382 e. The van der Waals surface area contributed by atoms with Gasteiger partial charge in [0, 0.05) is 18.3 Å². The molecule has 1 aliphatic carbocycles. The van der Waals surface area contributed by atoms with Crippen molar-refractivity contribution in [3.05, 3.63) is 28.5 Å². The summed E-state index contributed by atoms with van der Waals surface area (Å²) in [4.78, 5) is 0. The first-order chi connectivity index (χ1) is 7.69. The highest BCUT2D eigenvalue weighted by Gasteiger charge is 2.29. The summed E-state index contributed by atoms with van der Waals surface area (Å²) >= 11 is 3.13. The molecule has 0 radical (unpaired) electrons. The summed E-state index contributed by atoms with van der Waals surface area (Å²) < 4.78 is 19.2. The average molecular weight is 288 g/mol. The van der Waals surface area contributed by atoms with Crippen LogP contribution in [0.25, 0.3) is 0 Å². The van der Waals surface area contributed by atoms with Crippen LogP contribution in [0.1, 0.15) is 19.8 Å². The molecule has 1 aromatic rings. The quantitative estimate of drug-likeness (QED) is 0.914. The molecule has 1 aliphatic rings. The molecule has 88 valence electrons. The fourth-order valence-electron chi connectivity index (χ4n) is 1.88. The standard InChI is InChI=1S/C12H15BrFNO/c1-2-16-10-5-9(6-10)15-8-3-4-11(13)12(14)7-8/h3-4,7,9-10,15H,2,5-6H2,1H3. The van der Waals surface area contributed by atoms with Crippen molar-refractivity contribution in [2.45, 2.75) is 31.9 Å². The molecule has 1 N–H and O–H groups in total. The van der Waals surface area contributed by atoms with Crippen molar-refractivity contribution in [3.63, 3.8) is 0 Å². The Balaban J connectivity index is 1.84. The second-order valence-electron chi connectivity index (χ2n) is 4.02. The third-order valence-electron chi connectivity index (χ3n) is 2.79. The van der Waals surface area contributed by atoms with Crippen LogP contribution in [0.2, 0.25) is 0 Å². The van der Waals surface area contributed by atoms with E-state index in [1.807, 2.05) is 13.0 Å². The van der Waals surface area contributed by atoms with Crippen LogP contribution in [0.5, 0.6) is 0 Å². The Kier molecular flexibility index (Phi) is 3.82. The molecule has 0 atom stereocenters. The summed E-state index contributed by atoms with van der Waals surface area (Å²) in [5.74, 6) is -0.231. The Bertz CT molecular complexity index is 366. The number of halogens is 2. The molecule has 1 aromatic carbocycles. The molecule has 1 fully saturated rings. The van der Waals surface area contributed by atoms with Crippen LogP contribution in [0.4, 0.5) is 10.1 Å². The number of nitrogens with one attached hydrogen (secondary N) is 1. The van der Waals surface area contributed by atoms with Crippen LogP contribution in [-0.2, 0) is 4.74 Å². The van der Waals surface area contributed by atoms with Crippen molar-refractivity contribution >= 4 is 21.6 Å². The summed E-state index contributed by atoms with van der Waals surface area (Å²) in [6, 6.07) is 5.52. The van der Waals surface area contributed by atoms with Crippen LogP contribution in [0.3, 0.4) is 0 Å².